The number of nitrogens with two attached hydrogens (primary N) is 1. The Morgan fingerprint density at radius 3 is 2.45 bits per heavy atom. The largest absolute Gasteiger partial charge is 0.459 e. The molecule has 0 bridgehead atoms. The molecule has 4 atom stereocenters. The zero-order valence-corrected chi connectivity index (χ0v) is 17.3. The molecule has 1 aliphatic heterocycles. The van der Waals surface area contributed by atoms with Crippen LogP contribution >= 0.6 is 0 Å². The van der Waals surface area contributed by atoms with Crippen LogP contribution in [0, 0.1) is 0 Å². The number of hydrogen-bond acceptors (Lipinski definition) is 11. The fraction of sp³-hybridized carbons (Fsp3) is 0.368. The molecule has 0 saturated heterocycles. The van der Waals surface area contributed by atoms with Gasteiger partial charge in [0, 0.05) is 19.5 Å². The lowest BCUT2D eigenvalue weighted by Gasteiger charge is -2.40. The minimum atomic E-state index is -0.950. The molecule has 12 nitrogen and oxygen atoms in total. The molecule has 0 aliphatic carbocycles. The SMILES string of the molecule is CC(=O)O[C@H]([C@H]1Nc2c(nc(N)[nH]c2=O)N[C@H]1NNc1ccccc1)[C@@H](C)OC(C)=O. The number of fused-ring (bicyclic) bond motifs is 1. The molecule has 1 aromatic heterocycles. The maximum atomic E-state index is 12.4. The number of carbonyl (C=O) groups is 2. The third kappa shape index (κ3) is 5.42. The summed E-state index contributed by atoms with van der Waals surface area (Å²) in [6, 6.07) is 8.54. The Morgan fingerprint density at radius 1 is 1.13 bits per heavy atom. The topological polar surface area (TPSA) is 172 Å². The Labute approximate surface area is 177 Å². The van der Waals surface area contributed by atoms with Gasteiger partial charge in [0.1, 0.15) is 24.0 Å². The lowest BCUT2D eigenvalue weighted by Crippen LogP contribution is -2.62. The van der Waals surface area contributed by atoms with Crippen molar-refractivity contribution in [2.75, 3.05) is 21.8 Å². The van der Waals surface area contributed by atoms with Gasteiger partial charge in [-0.2, -0.15) is 4.98 Å². The van der Waals surface area contributed by atoms with E-state index < -0.39 is 41.9 Å². The highest BCUT2D eigenvalue weighted by molar-refractivity contribution is 5.70. The molecule has 0 unspecified atom stereocenters. The number of aromatic nitrogens is 2. The van der Waals surface area contributed by atoms with E-state index >= 15 is 0 Å². The van der Waals surface area contributed by atoms with E-state index in [-0.39, 0.29) is 17.5 Å². The maximum Gasteiger partial charge on any atom is 0.303 e. The van der Waals surface area contributed by atoms with Crippen molar-refractivity contribution in [1.29, 1.82) is 0 Å². The third-order valence-electron chi connectivity index (χ3n) is 4.52. The third-order valence-corrected chi connectivity index (χ3v) is 4.52. The molecule has 0 saturated carbocycles. The first-order chi connectivity index (χ1) is 14.7. The molecule has 1 aromatic carbocycles. The number of para-hydroxylation sites is 1. The van der Waals surface area contributed by atoms with Crippen molar-refractivity contribution in [1.82, 2.24) is 15.4 Å². The van der Waals surface area contributed by atoms with Crippen LogP contribution in [0.3, 0.4) is 0 Å². The second-order valence-corrected chi connectivity index (χ2v) is 6.99. The van der Waals surface area contributed by atoms with Crippen LogP contribution in [0.15, 0.2) is 35.1 Å². The van der Waals surface area contributed by atoms with Gasteiger partial charge in [-0.1, -0.05) is 18.2 Å². The van der Waals surface area contributed by atoms with E-state index in [1.807, 2.05) is 30.3 Å². The molecule has 3 rings (SSSR count). The smallest absolute Gasteiger partial charge is 0.303 e. The van der Waals surface area contributed by atoms with Crippen LogP contribution < -0.4 is 32.8 Å². The molecular formula is C19H25N7O5. The molecule has 2 aromatic rings. The molecule has 1 aliphatic rings. The Kier molecular flexibility index (Phi) is 6.60. The molecule has 2 heterocycles. The number of nitrogens with zero attached hydrogens (tertiary/aromatic N) is 1. The summed E-state index contributed by atoms with van der Waals surface area (Å²) >= 11 is 0. The van der Waals surface area contributed by atoms with Gasteiger partial charge in [-0.25, -0.2) is 5.43 Å². The Morgan fingerprint density at radius 2 is 1.81 bits per heavy atom. The molecule has 0 radical (unpaired) electrons. The van der Waals surface area contributed by atoms with Gasteiger partial charge in [-0.15, -0.1) is 0 Å². The number of nitrogen functional groups attached to an aromatic ring is 1. The average molecular weight is 431 g/mol. The van der Waals surface area contributed by atoms with Crippen molar-refractivity contribution in [3.8, 4) is 0 Å². The van der Waals surface area contributed by atoms with E-state index in [4.69, 9.17) is 15.2 Å². The van der Waals surface area contributed by atoms with Crippen LogP contribution in [-0.4, -0.2) is 46.3 Å². The van der Waals surface area contributed by atoms with Crippen LogP contribution in [0.2, 0.25) is 0 Å². The van der Waals surface area contributed by atoms with Crippen LogP contribution in [0.25, 0.3) is 0 Å². The maximum absolute atomic E-state index is 12.4. The van der Waals surface area contributed by atoms with Gasteiger partial charge in [0.25, 0.3) is 5.56 Å². The van der Waals surface area contributed by atoms with Gasteiger partial charge in [0.2, 0.25) is 5.95 Å². The summed E-state index contributed by atoms with van der Waals surface area (Å²) in [5.41, 5.74) is 12.2. The fourth-order valence-corrected chi connectivity index (χ4v) is 3.28. The van der Waals surface area contributed by atoms with Crippen LogP contribution in [0.4, 0.5) is 23.1 Å². The summed E-state index contributed by atoms with van der Waals surface area (Å²) in [7, 11) is 0. The molecule has 31 heavy (non-hydrogen) atoms. The van der Waals surface area contributed by atoms with Crippen LogP contribution in [0.5, 0.6) is 0 Å². The summed E-state index contributed by atoms with van der Waals surface area (Å²) in [6.45, 7) is 4.10. The number of esters is 2. The lowest BCUT2D eigenvalue weighted by molar-refractivity contribution is -0.165. The molecule has 166 valence electrons. The van der Waals surface area contributed by atoms with E-state index in [0.29, 0.717) is 0 Å². The second kappa shape index (κ2) is 9.34. The van der Waals surface area contributed by atoms with Crippen molar-refractivity contribution in [3.63, 3.8) is 0 Å². The van der Waals surface area contributed by atoms with E-state index in [2.05, 4.69) is 31.5 Å². The number of hydrogen-bond donors (Lipinski definition) is 6. The normalized spacial score (nSPS) is 19.1. The van der Waals surface area contributed by atoms with Crippen molar-refractivity contribution in [2.24, 2.45) is 0 Å². The average Bonchev–Trinajstić information content (AvgIpc) is 2.70. The standard InChI is InChI=1S/C19H25N7O5/c1-9(30-10(2)27)15(31-11(3)28)13-17(26-25-12-7-5-4-6-8-12)22-16-14(21-13)18(29)24-19(20)23-16/h4-9,13,15,17,21,25-26H,1-3H3,(H4,20,22,23,24,29)/t9-,13-,15+,17+/m1/s1. The van der Waals surface area contributed by atoms with Crippen LogP contribution in [0.1, 0.15) is 20.8 Å². The first-order valence-electron chi connectivity index (χ1n) is 9.58. The van der Waals surface area contributed by atoms with Crippen molar-refractivity contribution in [3.05, 3.63) is 40.7 Å². The van der Waals surface area contributed by atoms with Gasteiger partial charge in [0.15, 0.2) is 11.9 Å². The van der Waals surface area contributed by atoms with Crippen LogP contribution in [-0.2, 0) is 19.1 Å². The molecule has 0 amide bonds. The molecule has 12 heteroatoms. The van der Waals surface area contributed by atoms with Gasteiger partial charge in [-0.05, 0) is 19.1 Å². The number of ether oxygens (including phenoxy) is 2. The van der Waals surface area contributed by atoms with Gasteiger partial charge < -0.3 is 31.3 Å². The zero-order chi connectivity index (χ0) is 22.5. The zero-order valence-electron chi connectivity index (χ0n) is 17.3. The first-order valence-corrected chi connectivity index (χ1v) is 9.58. The number of aromatic amines is 1. The predicted octanol–water partition coefficient (Wildman–Crippen LogP) is 0.384. The van der Waals surface area contributed by atoms with E-state index in [1.54, 1.807) is 6.92 Å². The predicted molar refractivity (Wildman–Crippen MR) is 114 cm³/mol. The second-order valence-electron chi connectivity index (χ2n) is 6.99. The minimum absolute atomic E-state index is 0.0592. The fourth-order valence-electron chi connectivity index (χ4n) is 3.28. The highest BCUT2D eigenvalue weighted by Crippen LogP contribution is 2.27. The first kappa shape index (κ1) is 21.9. The van der Waals surface area contributed by atoms with E-state index in [9.17, 15) is 14.4 Å². The van der Waals surface area contributed by atoms with E-state index in [1.165, 1.54) is 13.8 Å². The Balaban J connectivity index is 1.94. The highest BCUT2D eigenvalue weighted by atomic mass is 16.6. The number of benzene rings is 1. The molecule has 0 spiro atoms. The summed E-state index contributed by atoms with van der Waals surface area (Å²) in [6.07, 6.45) is -2.43. The molecular weight excluding hydrogens is 406 g/mol. The van der Waals surface area contributed by atoms with Gasteiger partial charge >= 0.3 is 11.9 Å². The number of nitrogens with one attached hydrogen (secondary N) is 5. The van der Waals surface area contributed by atoms with Gasteiger partial charge in [-0.3, -0.25) is 19.4 Å². The van der Waals surface area contributed by atoms with Crippen molar-refractivity contribution in [2.45, 2.75) is 45.2 Å². The number of rotatable bonds is 7. The number of hydrazine groups is 1. The molecule has 0 fully saturated rings. The number of H-pyrrole nitrogens is 1. The number of anilines is 4. The lowest BCUT2D eigenvalue weighted by atomic mass is 10.0. The molecule has 7 N–H and O–H groups in total. The van der Waals surface area contributed by atoms with Crippen molar-refractivity contribution < 1.29 is 19.1 Å². The Hall–Kier alpha value is -3.80. The van der Waals surface area contributed by atoms with Gasteiger partial charge in [0.05, 0.1) is 0 Å². The quantitative estimate of drug-likeness (QED) is 0.264. The summed E-state index contributed by atoms with van der Waals surface area (Å²) in [5, 5.41) is 6.13. The summed E-state index contributed by atoms with van der Waals surface area (Å²) < 4.78 is 10.7. The monoisotopic (exact) mass is 431 g/mol. The van der Waals surface area contributed by atoms with Crippen molar-refractivity contribution >= 4 is 35.1 Å². The minimum Gasteiger partial charge on any atom is -0.459 e. The Bertz CT molecular complexity index is 997. The summed E-state index contributed by atoms with van der Waals surface area (Å²) in [5.74, 6) is -0.952. The highest BCUT2D eigenvalue weighted by Gasteiger charge is 2.41. The summed E-state index contributed by atoms with van der Waals surface area (Å²) in [4.78, 5) is 42.2. The number of carbonyl (C=O) groups excluding carboxylic acids is 2. The van der Waals surface area contributed by atoms with E-state index in [0.717, 1.165) is 5.69 Å².